The SMILES string of the molecule is O=C(COC(=O)c1n[nH]c2ccccc12)Nc1ccc(Cl)cc1Cl. The highest BCUT2D eigenvalue weighted by molar-refractivity contribution is 6.36. The highest BCUT2D eigenvalue weighted by atomic mass is 35.5. The standard InChI is InChI=1S/C16H11Cl2N3O3/c17-9-5-6-13(11(18)7-9)19-14(22)8-24-16(23)15-10-3-1-2-4-12(10)20-21-15/h1-7H,8H2,(H,19,22)(H,20,21). The van der Waals surface area contributed by atoms with Gasteiger partial charge in [0, 0.05) is 10.4 Å². The summed E-state index contributed by atoms with van der Waals surface area (Å²) in [6.07, 6.45) is 0. The van der Waals surface area contributed by atoms with Crippen molar-refractivity contribution in [2.75, 3.05) is 11.9 Å². The second-order valence-electron chi connectivity index (χ2n) is 4.87. The summed E-state index contributed by atoms with van der Waals surface area (Å²) in [6.45, 7) is -0.459. The molecule has 0 bridgehead atoms. The van der Waals surface area contributed by atoms with Crippen molar-refractivity contribution >= 4 is 51.7 Å². The number of esters is 1. The molecule has 0 aliphatic rings. The lowest BCUT2D eigenvalue weighted by Gasteiger charge is -2.07. The fraction of sp³-hybridized carbons (Fsp3) is 0.0625. The maximum absolute atomic E-state index is 12.1. The van der Waals surface area contributed by atoms with Gasteiger partial charge >= 0.3 is 5.97 Å². The highest BCUT2D eigenvalue weighted by Crippen LogP contribution is 2.25. The number of para-hydroxylation sites is 1. The fourth-order valence-corrected chi connectivity index (χ4v) is 2.55. The van der Waals surface area contributed by atoms with Gasteiger partial charge in [0.2, 0.25) is 0 Å². The van der Waals surface area contributed by atoms with Crippen LogP contribution in [0.2, 0.25) is 10.0 Å². The third kappa shape index (κ3) is 3.50. The summed E-state index contributed by atoms with van der Waals surface area (Å²) in [6, 6.07) is 11.8. The molecule has 0 unspecified atom stereocenters. The Balaban J connectivity index is 1.62. The van der Waals surface area contributed by atoms with Crippen LogP contribution in [0.5, 0.6) is 0 Å². The predicted molar refractivity (Wildman–Crippen MR) is 91.5 cm³/mol. The number of benzene rings is 2. The van der Waals surface area contributed by atoms with Gasteiger partial charge in [0.1, 0.15) is 0 Å². The molecule has 24 heavy (non-hydrogen) atoms. The second-order valence-corrected chi connectivity index (χ2v) is 5.71. The Morgan fingerprint density at radius 1 is 1.17 bits per heavy atom. The largest absolute Gasteiger partial charge is 0.451 e. The zero-order valence-electron chi connectivity index (χ0n) is 12.2. The summed E-state index contributed by atoms with van der Waals surface area (Å²) in [5.74, 6) is -1.21. The number of aromatic amines is 1. The number of halogens is 2. The molecule has 2 N–H and O–H groups in total. The lowest BCUT2D eigenvalue weighted by Crippen LogP contribution is -2.21. The first-order valence-corrected chi connectivity index (χ1v) is 7.65. The molecule has 8 heteroatoms. The summed E-state index contributed by atoms with van der Waals surface area (Å²) in [5, 5.41) is 10.6. The van der Waals surface area contributed by atoms with E-state index in [1.807, 2.05) is 6.07 Å². The topological polar surface area (TPSA) is 84.1 Å². The van der Waals surface area contributed by atoms with Crippen LogP contribution in [0.1, 0.15) is 10.5 Å². The van der Waals surface area contributed by atoms with Crippen molar-refractivity contribution < 1.29 is 14.3 Å². The fourth-order valence-electron chi connectivity index (χ4n) is 2.10. The molecule has 3 rings (SSSR count). The number of amides is 1. The number of aromatic nitrogens is 2. The minimum atomic E-state index is -0.690. The van der Waals surface area contributed by atoms with Crippen LogP contribution in [0.15, 0.2) is 42.5 Å². The van der Waals surface area contributed by atoms with E-state index in [0.29, 0.717) is 26.6 Å². The van der Waals surface area contributed by atoms with Crippen molar-refractivity contribution in [3.63, 3.8) is 0 Å². The van der Waals surface area contributed by atoms with E-state index in [0.717, 1.165) is 0 Å². The van der Waals surface area contributed by atoms with Crippen LogP contribution in [0.25, 0.3) is 10.9 Å². The smallest absolute Gasteiger partial charge is 0.359 e. The third-order valence-electron chi connectivity index (χ3n) is 3.20. The van der Waals surface area contributed by atoms with Gasteiger partial charge in [0.05, 0.1) is 16.2 Å². The van der Waals surface area contributed by atoms with Crippen LogP contribution in [-0.4, -0.2) is 28.7 Å². The molecule has 0 saturated heterocycles. The van der Waals surface area contributed by atoms with E-state index in [9.17, 15) is 9.59 Å². The lowest BCUT2D eigenvalue weighted by molar-refractivity contribution is -0.119. The van der Waals surface area contributed by atoms with Crippen molar-refractivity contribution in [3.05, 3.63) is 58.2 Å². The average Bonchev–Trinajstić information content (AvgIpc) is 2.99. The van der Waals surface area contributed by atoms with Gasteiger partial charge in [0.25, 0.3) is 5.91 Å². The Kier molecular flexibility index (Phi) is 4.69. The zero-order chi connectivity index (χ0) is 17.1. The van der Waals surface area contributed by atoms with E-state index >= 15 is 0 Å². The maximum Gasteiger partial charge on any atom is 0.359 e. The number of nitrogens with one attached hydrogen (secondary N) is 2. The van der Waals surface area contributed by atoms with E-state index < -0.39 is 18.5 Å². The van der Waals surface area contributed by atoms with E-state index in [2.05, 4.69) is 15.5 Å². The van der Waals surface area contributed by atoms with E-state index in [-0.39, 0.29) is 5.69 Å². The zero-order valence-corrected chi connectivity index (χ0v) is 13.7. The molecule has 122 valence electrons. The number of fused-ring (bicyclic) bond motifs is 1. The molecule has 0 radical (unpaired) electrons. The molecule has 1 aromatic heterocycles. The van der Waals surface area contributed by atoms with E-state index in [1.54, 1.807) is 30.3 Å². The Bertz CT molecular complexity index is 924. The number of hydrogen-bond acceptors (Lipinski definition) is 4. The minimum absolute atomic E-state index is 0.128. The van der Waals surface area contributed by atoms with Crippen LogP contribution >= 0.6 is 23.2 Å². The van der Waals surface area contributed by atoms with Crippen molar-refractivity contribution in [3.8, 4) is 0 Å². The van der Waals surface area contributed by atoms with E-state index in [4.69, 9.17) is 27.9 Å². The Morgan fingerprint density at radius 2 is 1.96 bits per heavy atom. The molecule has 3 aromatic rings. The summed E-state index contributed by atoms with van der Waals surface area (Å²) < 4.78 is 4.99. The summed E-state index contributed by atoms with van der Waals surface area (Å²) in [7, 11) is 0. The normalized spacial score (nSPS) is 10.6. The monoisotopic (exact) mass is 363 g/mol. The lowest BCUT2D eigenvalue weighted by atomic mass is 10.2. The van der Waals surface area contributed by atoms with Crippen LogP contribution in [-0.2, 0) is 9.53 Å². The first-order valence-electron chi connectivity index (χ1n) is 6.90. The second kappa shape index (κ2) is 6.90. The Hall–Kier alpha value is -2.57. The number of H-pyrrole nitrogens is 1. The first-order chi connectivity index (χ1) is 11.5. The molecule has 1 amide bonds. The van der Waals surface area contributed by atoms with Crippen LogP contribution < -0.4 is 5.32 Å². The number of hydrogen-bond donors (Lipinski definition) is 2. The molecule has 0 saturated carbocycles. The maximum atomic E-state index is 12.1. The molecule has 0 fully saturated rings. The van der Waals surface area contributed by atoms with Crippen molar-refractivity contribution in [1.82, 2.24) is 10.2 Å². The Labute approximate surface area is 146 Å². The van der Waals surface area contributed by atoms with E-state index in [1.165, 1.54) is 6.07 Å². The van der Waals surface area contributed by atoms with Crippen molar-refractivity contribution in [2.45, 2.75) is 0 Å². The number of carbonyl (C=O) groups excluding carboxylic acids is 2. The molecule has 1 heterocycles. The molecule has 0 spiro atoms. The van der Waals surface area contributed by atoms with Gasteiger partial charge in [-0.25, -0.2) is 4.79 Å². The number of nitrogens with zero attached hydrogens (tertiary/aromatic N) is 1. The molecular weight excluding hydrogens is 353 g/mol. The number of rotatable bonds is 4. The number of anilines is 1. The Morgan fingerprint density at radius 3 is 2.75 bits per heavy atom. The van der Waals surface area contributed by atoms with Gasteiger partial charge in [-0.2, -0.15) is 5.10 Å². The molecule has 0 aliphatic heterocycles. The summed E-state index contributed by atoms with van der Waals surface area (Å²) >= 11 is 11.7. The van der Waals surface area contributed by atoms with Gasteiger partial charge in [-0.1, -0.05) is 41.4 Å². The van der Waals surface area contributed by atoms with Gasteiger partial charge in [-0.05, 0) is 24.3 Å². The predicted octanol–water partition coefficient (Wildman–Crippen LogP) is 3.67. The van der Waals surface area contributed by atoms with Gasteiger partial charge in [0.15, 0.2) is 12.3 Å². The molecular formula is C16H11Cl2N3O3. The van der Waals surface area contributed by atoms with Crippen molar-refractivity contribution in [2.24, 2.45) is 0 Å². The summed E-state index contributed by atoms with van der Waals surface area (Å²) in [5.41, 5.74) is 1.22. The van der Waals surface area contributed by atoms with Gasteiger partial charge < -0.3 is 10.1 Å². The quantitative estimate of drug-likeness (QED) is 0.692. The molecule has 6 nitrogen and oxygen atoms in total. The van der Waals surface area contributed by atoms with Crippen LogP contribution in [0.3, 0.4) is 0 Å². The van der Waals surface area contributed by atoms with Crippen molar-refractivity contribution in [1.29, 1.82) is 0 Å². The minimum Gasteiger partial charge on any atom is -0.451 e. The summed E-state index contributed by atoms with van der Waals surface area (Å²) in [4.78, 5) is 23.9. The molecule has 0 aliphatic carbocycles. The average molecular weight is 364 g/mol. The van der Waals surface area contributed by atoms with Gasteiger partial charge in [-0.15, -0.1) is 0 Å². The molecule has 2 aromatic carbocycles. The van der Waals surface area contributed by atoms with Crippen LogP contribution in [0, 0.1) is 0 Å². The number of ether oxygens (including phenoxy) is 1. The third-order valence-corrected chi connectivity index (χ3v) is 3.75. The van der Waals surface area contributed by atoms with Crippen LogP contribution in [0.4, 0.5) is 5.69 Å². The molecule has 0 atom stereocenters. The first kappa shape index (κ1) is 16.3. The van der Waals surface area contributed by atoms with Gasteiger partial charge in [-0.3, -0.25) is 9.89 Å². The highest BCUT2D eigenvalue weighted by Gasteiger charge is 2.17. The number of carbonyl (C=O) groups is 2.